The summed E-state index contributed by atoms with van der Waals surface area (Å²) in [4.78, 5) is 21.0. The van der Waals surface area contributed by atoms with E-state index >= 15 is 0 Å². The summed E-state index contributed by atoms with van der Waals surface area (Å²) >= 11 is 0. The van der Waals surface area contributed by atoms with Crippen molar-refractivity contribution >= 4 is 11.9 Å². The number of nitrogens with two attached hydrogens (primary N) is 1. The summed E-state index contributed by atoms with van der Waals surface area (Å²) in [5.41, 5.74) is 4.93. The molecule has 1 unspecified atom stereocenters. The van der Waals surface area contributed by atoms with Gasteiger partial charge in [-0.05, 0) is 6.92 Å². The van der Waals surface area contributed by atoms with Gasteiger partial charge >= 0.3 is 5.97 Å². The SMILES string of the molecule is CC(O)[C@@H](NC(=O)CN)C(=O)O. The molecule has 70 valence electrons. The van der Waals surface area contributed by atoms with Crippen LogP contribution in [-0.4, -0.2) is 40.8 Å². The van der Waals surface area contributed by atoms with E-state index in [1.54, 1.807) is 0 Å². The Kier molecular flexibility index (Phi) is 4.24. The Hall–Kier alpha value is -1.14. The van der Waals surface area contributed by atoms with Gasteiger partial charge in [-0.2, -0.15) is 0 Å². The molecule has 0 aliphatic rings. The van der Waals surface area contributed by atoms with Gasteiger partial charge in [-0.1, -0.05) is 0 Å². The van der Waals surface area contributed by atoms with E-state index in [0.717, 1.165) is 0 Å². The molecule has 0 saturated heterocycles. The number of carbonyl (C=O) groups excluding carboxylic acids is 1. The highest BCUT2D eigenvalue weighted by Gasteiger charge is 2.23. The molecule has 2 atom stereocenters. The van der Waals surface area contributed by atoms with Crippen LogP contribution in [-0.2, 0) is 9.59 Å². The summed E-state index contributed by atoms with van der Waals surface area (Å²) in [7, 11) is 0. The van der Waals surface area contributed by atoms with Crippen molar-refractivity contribution < 1.29 is 19.8 Å². The first-order valence-corrected chi connectivity index (χ1v) is 3.39. The van der Waals surface area contributed by atoms with Crippen LogP contribution >= 0.6 is 0 Å². The van der Waals surface area contributed by atoms with E-state index in [2.05, 4.69) is 5.32 Å². The van der Waals surface area contributed by atoms with Crippen molar-refractivity contribution in [3.05, 3.63) is 0 Å². The predicted molar refractivity (Wildman–Crippen MR) is 40.3 cm³/mol. The maximum absolute atomic E-state index is 10.6. The van der Waals surface area contributed by atoms with Gasteiger partial charge in [0, 0.05) is 0 Å². The highest BCUT2D eigenvalue weighted by Crippen LogP contribution is 1.91. The zero-order valence-electron chi connectivity index (χ0n) is 6.65. The number of aliphatic hydroxyl groups is 1. The second kappa shape index (κ2) is 4.68. The molecule has 0 fully saturated rings. The molecule has 0 aliphatic heterocycles. The van der Waals surface area contributed by atoms with E-state index in [4.69, 9.17) is 15.9 Å². The van der Waals surface area contributed by atoms with Crippen LogP contribution in [0.3, 0.4) is 0 Å². The molecule has 5 N–H and O–H groups in total. The maximum Gasteiger partial charge on any atom is 0.328 e. The first kappa shape index (κ1) is 10.9. The van der Waals surface area contributed by atoms with Crippen molar-refractivity contribution in [1.29, 1.82) is 0 Å². The standard InChI is InChI=1S/C6H12N2O4/c1-3(9)5(6(11)12)8-4(10)2-7/h3,5,9H,2,7H2,1H3,(H,8,10)(H,11,12)/t3?,5-/m1/s1. The summed E-state index contributed by atoms with van der Waals surface area (Å²) < 4.78 is 0. The fraction of sp³-hybridized carbons (Fsp3) is 0.667. The largest absolute Gasteiger partial charge is 0.480 e. The lowest BCUT2D eigenvalue weighted by Crippen LogP contribution is -2.49. The molecule has 6 nitrogen and oxygen atoms in total. The molecule has 0 saturated carbocycles. The van der Waals surface area contributed by atoms with Crippen molar-refractivity contribution in [3.8, 4) is 0 Å². The Morgan fingerprint density at radius 3 is 2.33 bits per heavy atom. The van der Waals surface area contributed by atoms with Crippen LogP contribution in [0, 0.1) is 0 Å². The van der Waals surface area contributed by atoms with Gasteiger partial charge < -0.3 is 21.3 Å². The van der Waals surface area contributed by atoms with E-state index in [0.29, 0.717) is 0 Å². The van der Waals surface area contributed by atoms with Gasteiger partial charge in [0.25, 0.3) is 0 Å². The molecular weight excluding hydrogens is 164 g/mol. The Morgan fingerprint density at radius 2 is 2.08 bits per heavy atom. The molecule has 0 aromatic rings. The fourth-order valence-corrected chi connectivity index (χ4v) is 0.621. The molecule has 0 aromatic heterocycles. The second-order valence-corrected chi connectivity index (χ2v) is 2.33. The second-order valence-electron chi connectivity index (χ2n) is 2.33. The minimum Gasteiger partial charge on any atom is -0.480 e. The zero-order valence-corrected chi connectivity index (χ0v) is 6.65. The van der Waals surface area contributed by atoms with Gasteiger partial charge in [0.2, 0.25) is 5.91 Å². The molecular formula is C6H12N2O4. The lowest BCUT2D eigenvalue weighted by Gasteiger charge is -2.15. The third kappa shape index (κ3) is 3.31. The molecule has 12 heavy (non-hydrogen) atoms. The van der Waals surface area contributed by atoms with E-state index in [1.807, 2.05) is 0 Å². The summed E-state index contributed by atoms with van der Waals surface area (Å²) in [6.45, 7) is 0.978. The van der Waals surface area contributed by atoms with Crippen LogP contribution in [0.5, 0.6) is 0 Å². The lowest BCUT2D eigenvalue weighted by molar-refractivity contribution is -0.144. The van der Waals surface area contributed by atoms with E-state index in [-0.39, 0.29) is 6.54 Å². The smallest absolute Gasteiger partial charge is 0.328 e. The first-order chi connectivity index (χ1) is 5.49. The summed E-state index contributed by atoms with van der Waals surface area (Å²) in [6, 6.07) is -1.29. The molecule has 1 amide bonds. The predicted octanol–water partition coefficient (Wildman–Crippen LogP) is -2.10. The monoisotopic (exact) mass is 176 g/mol. The normalized spacial score (nSPS) is 14.9. The van der Waals surface area contributed by atoms with Gasteiger partial charge in [-0.25, -0.2) is 4.79 Å². The van der Waals surface area contributed by atoms with Gasteiger partial charge in [0.05, 0.1) is 12.6 Å². The van der Waals surface area contributed by atoms with Gasteiger partial charge in [-0.15, -0.1) is 0 Å². The third-order valence-electron chi connectivity index (χ3n) is 1.25. The number of hydrogen-bond donors (Lipinski definition) is 4. The van der Waals surface area contributed by atoms with Crippen molar-refractivity contribution in [2.75, 3.05) is 6.54 Å². The molecule has 0 aliphatic carbocycles. The Labute approximate surface area is 69.4 Å². The molecule has 0 radical (unpaired) electrons. The van der Waals surface area contributed by atoms with Gasteiger partial charge in [0.15, 0.2) is 6.04 Å². The Balaban J connectivity index is 4.14. The van der Waals surface area contributed by atoms with E-state index in [9.17, 15) is 9.59 Å². The van der Waals surface area contributed by atoms with Crippen molar-refractivity contribution in [1.82, 2.24) is 5.32 Å². The van der Waals surface area contributed by atoms with Crippen LogP contribution in [0.15, 0.2) is 0 Å². The summed E-state index contributed by atoms with van der Waals surface area (Å²) in [6.07, 6.45) is -1.14. The number of rotatable bonds is 4. The molecule has 0 rings (SSSR count). The highest BCUT2D eigenvalue weighted by atomic mass is 16.4. The maximum atomic E-state index is 10.6. The number of amides is 1. The van der Waals surface area contributed by atoms with Crippen LogP contribution in [0.25, 0.3) is 0 Å². The molecule has 0 bridgehead atoms. The molecule has 0 aromatic carbocycles. The van der Waals surface area contributed by atoms with Crippen LogP contribution in [0.2, 0.25) is 0 Å². The number of hydrogen-bond acceptors (Lipinski definition) is 4. The van der Waals surface area contributed by atoms with Crippen molar-refractivity contribution in [2.45, 2.75) is 19.1 Å². The number of carbonyl (C=O) groups is 2. The van der Waals surface area contributed by atoms with Crippen LogP contribution in [0.4, 0.5) is 0 Å². The summed E-state index contributed by atoms with van der Waals surface area (Å²) in [5.74, 6) is -1.89. The Bertz CT molecular complexity index is 180. The van der Waals surface area contributed by atoms with Crippen LogP contribution < -0.4 is 11.1 Å². The van der Waals surface area contributed by atoms with Crippen molar-refractivity contribution in [2.24, 2.45) is 5.73 Å². The zero-order chi connectivity index (χ0) is 9.72. The minimum atomic E-state index is -1.29. The van der Waals surface area contributed by atoms with E-state index in [1.165, 1.54) is 6.92 Å². The molecule has 0 heterocycles. The number of aliphatic hydroxyl groups excluding tert-OH is 1. The third-order valence-corrected chi connectivity index (χ3v) is 1.25. The fourth-order valence-electron chi connectivity index (χ4n) is 0.621. The number of nitrogens with one attached hydrogen (secondary N) is 1. The molecule has 6 heteroatoms. The number of carboxylic acid groups (broad SMARTS) is 1. The van der Waals surface area contributed by atoms with Gasteiger partial charge in [0.1, 0.15) is 0 Å². The van der Waals surface area contributed by atoms with Gasteiger partial charge in [-0.3, -0.25) is 4.79 Å². The Morgan fingerprint density at radius 1 is 1.58 bits per heavy atom. The lowest BCUT2D eigenvalue weighted by atomic mass is 10.2. The highest BCUT2D eigenvalue weighted by molar-refractivity contribution is 5.84. The minimum absolute atomic E-state index is 0.295. The number of aliphatic carboxylic acids is 1. The average Bonchev–Trinajstić information content (AvgIpc) is 1.98. The summed E-state index contributed by atoms with van der Waals surface area (Å²) in [5, 5.41) is 19.4. The molecule has 0 spiro atoms. The van der Waals surface area contributed by atoms with Crippen molar-refractivity contribution in [3.63, 3.8) is 0 Å². The van der Waals surface area contributed by atoms with Crippen LogP contribution in [0.1, 0.15) is 6.92 Å². The number of carboxylic acids is 1. The average molecular weight is 176 g/mol. The topological polar surface area (TPSA) is 113 Å². The van der Waals surface area contributed by atoms with E-state index < -0.39 is 24.0 Å². The first-order valence-electron chi connectivity index (χ1n) is 3.39. The quantitative estimate of drug-likeness (QED) is 0.392.